The van der Waals surface area contributed by atoms with Crippen molar-refractivity contribution in [1.82, 2.24) is 9.88 Å². The zero-order valence-corrected chi connectivity index (χ0v) is 20.8. The number of pyridine rings is 1. The van der Waals surface area contributed by atoms with Crippen molar-refractivity contribution in [3.05, 3.63) is 41.6 Å². The van der Waals surface area contributed by atoms with Crippen LogP contribution in [0.25, 0.3) is 5.57 Å². The Kier molecular flexibility index (Phi) is 8.85. The highest BCUT2D eigenvalue weighted by Crippen LogP contribution is 2.27. The summed E-state index contributed by atoms with van der Waals surface area (Å²) in [7, 11) is 0. The summed E-state index contributed by atoms with van der Waals surface area (Å²) < 4.78 is 11.4. The number of carbonyl (C=O) groups is 2. The molecule has 0 aromatic carbocycles. The summed E-state index contributed by atoms with van der Waals surface area (Å²) in [5.74, 6) is 0.969. The van der Waals surface area contributed by atoms with Crippen LogP contribution in [0.4, 0.5) is 4.79 Å². The van der Waals surface area contributed by atoms with Crippen LogP contribution in [0.3, 0.4) is 0 Å². The maximum absolute atomic E-state index is 12.2. The van der Waals surface area contributed by atoms with Crippen LogP contribution >= 0.6 is 0 Å². The van der Waals surface area contributed by atoms with Gasteiger partial charge in [-0.05, 0) is 82.6 Å². The second-order valence-electron chi connectivity index (χ2n) is 10.2. The highest BCUT2D eigenvalue weighted by atomic mass is 16.6. The normalized spacial score (nSPS) is 18.1. The van der Waals surface area contributed by atoms with Gasteiger partial charge in [-0.3, -0.25) is 5.32 Å². The minimum atomic E-state index is -0.476. The number of rotatable bonds is 7. The van der Waals surface area contributed by atoms with Gasteiger partial charge in [-0.1, -0.05) is 6.08 Å². The average molecular weight is 473 g/mol. The first-order chi connectivity index (χ1) is 16.1. The summed E-state index contributed by atoms with van der Waals surface area (Å²) in [6.07, 6.45) is 8.63. The van der Waals surface area contributed by atoms with Gasteiger partial charge in [0, 0.05) is 25.4 Å². The minimum absolute atomic E-state index is 0.00403. The number of ether oxygens (including phenoxy) is 2. The molecule has 1 aliphatic heterocycles. The molecule has 1 aliphatic carbocycles. The molecule has 1 aromatic rings. The third-order valence-electron chi connectivity index (χ3n) is 6.03. The van der Waals surface area contributed by atoms with E-state index in [1.54, 1.807) is 10.2 Å². The third kappa shape index (κ3) is 7.67. The second kappa shape index (κ2) is 11.6. The Balaban J connectivity index is 1.45. The van der Waals surface area contributed by atoms with Crippen molar-refractivity contribution < 1.29 is 29.5 Å². The molecule has 1 atom stereocenters. The fraction of sp³-hybridized carbons (Fsp3) is 0.577. The zero-order chi connectivity index (χ0) is 24.7. The number of amides is 2. The van der Waals surface area contributed by atoms with Crippen LogP contribution < -0.4 is 10.1 Å². The molecule has 2 aliphatic rings. The number of likely N-dealkylation sites (tertiary alicyclic amines) is 1. The minimum Gasteiger partial charge on any atom is -0.477 e. The maximum atomic E-state index is 12.2. The van der Waals surface area contributed by atoms with Crippen molar-refractivity contribution in [2.24, 2.45) is 5.92 Å². The molecule has 2 amide bonds. The Morgan fingerprint density at radius 3 is 2.50 bits per heavy atom. The first-order valence-electron chi connectivity index (χ1n) is 12.1. The standard InChI is InChI=1S/C26H37N3O5/c1-18(16-30)28-24(31)21-7-5-20(6-8-21)22-9-10-23(27-15-22)33-17-19-11-13-29(14-12-19)25(32)34-26(2,3)4/h5,7,9-10,15,18-19,30H,6,8,11-14,16-17H2,1-4H3,(H,28,31)/p+1/t18-/m1/s1. The average Bonchev–Trinajstić information content (AvgIpc) is 2.82. The molecule has 186 valence electrons. The van der Waals surface area contributed by atoms with Crippen molar-refractivity contribution in [2.45, 2.75) is 65.0 Å². The van der Waals surface area contributed by atoms with Gasteiger partial charge in [-0.15, -0.1) is 0 Å². The summed E-state index contributed by atoms with van der Waals surface area (Å²) in [5.41, 5.74) is 2.46. The Morgan fingerprint density at radius 1 is 1.21 bits per heavy atom. The summed E-state index contributed by atoms with van der Waals surface area (Å²) in [5, 5.41) is 10.7. The summed E-state index contributed by atoms with van der Waals surface area (Å²) in [6.45, 7) is 9.37. The molecule has 0 radical (unpaired) electrons. The van der Waals surface area contributed by atoms with Gasteiger partial charge in [-0.2, -0.15) is 0 Å². The number of aliphatic hydroxyl groups is 1. The van der Waals surface area contributed by atoms with Crippen LogP contribution in [0.2, 0.25) is 0 Å². The molecule has 0 bridgehead atoms. The van der Waals surface area contributed by atoms with E-state index < -0.39 is 5.60 Å². The van der Waals surface area contributed by atoms with E-state index >= 15 is 0 Å². The van der Waals surface area contributed by atoms with E-state index in [0.29, 0.717) is 37.9 Å². The molecule has 3 N–H and O–H groups in total. The van der Waals surface area contributed by atoms with E-state index in [4.69, 9.17) is 14.6 Å². The van der Waals surface area contributed by atoms with Gasteiger partial charge in [0.2, 0.25) is 5.88 Å². The van der Waals surface area contributed by atoms with Crippen molar-refractivity contribution in [1.29, 1.82) is 0 Å². The van der Waals surface area contributed by atoms with Crippen LogP contribution in [-0.2, 0) is 9.53 Å². The first-order valence-corrected chi connectivity index (χ1v) is 12.1. The molecule has 1 fully saturated rings. The fourth-order valence-electron chi connectivity index (χ4n) is 3.97. The number of allylic oxidation sites excluding steroid dienone is 3. The largest absolute Gasteiger partial charge is 0.477 e. The molecule has 8 nitrogen and oxygen atoms in total. The van der Waals surface area contributed by atoms with Crippen LogP contribution in [0.5, 0.6) is 5.88 Å². The van der Waals surface area contributed by atoms with E-state index in [1.807, 2.05) is 58.2 Å². The SMILES string of the molecule is C[C@H](CO)[NH2+]C(=O)C1=CC=C(c2ccc(OCC3CCN(C(=O)OC(C)(C)C)CC3)nc2)CC1. The van der Waals surface area contributed by atoms with Gasteiger partial charge in [0.05, 0.1) is 18.8 Å². The predicted octanol–water partition coefficient (Wildman–Crippen LogP) is 2.68. The molecule has 1 aromatic heterocycles. The molecule has 2 heterocycles. The number of aliphatic hydroxyl groups excluding tert-OH is 1. The monoisotopic (exact) mass is 472 g/mol. The van der Waals surface area contributed by atoms with Crippen LogP contribution in [-0.4, -0.2) is 64.9 Å². The highest BCUT2D eigenvalue weighted by molar-refractivity contribution is 5.88. The lowest BCUT2D eigenvalue weighted by molar-refractivity contribution is -0.601. The number of aromatic nitrogens is 1. The molecule has 0 unspecified atom stereocenters. The molecule has 34 heavy (non-hydrogen) atoms. The molecule has 0 saturated carbocycles. The molecule has 8 heteroatoms. The smallest absolute Gasteiger partial charge is 0.410 e. The van der Waals surface area contributed by atoms with Gasteiger partial charge in [0.15, 0.2) is 0 Å². The summed E-state index contributed by atoms with van der Waals surface area (Å²) in [4.78, 5) is 30.7. The summed E-state index contributed by atoms with van der Waals surface area (Å²) in [6, 6.07) is 3.75. The number of hydrogen-bond acceptors (Lipinski definition) is 6. The number of piperidine rings is 1. The predicted molar refractivity (Wildman–Crippen MR) is 129 cm³/mol. The van der Waals surface area contributed by atoms with E-state index in [0.717, 1.165) is 36.0 Å². The molecular weight excluding hydrogens is 434 g/mol. The van der Waals surface area contributed by atoms with Crippen LogP contribution in [0.1, 0.15) is 58.9 Å². The number of hydrogen-bond donors (Lipinski definition) is 2. The molecule has 1 saturated heterocycles. The topological polar surface area (TPSA) is 106 Å². The Morgan fingerprint density at radius 2 is 1.94 bits per heavy atom. The number of carbonyl (C=O) groups excluding carboxylic acids is 2. The van der Waals surface area contributed by atoms with Gasteiger partial charge in [0.25, 0.3) is 0 Å². The number of primary amides is 1. The molecule has 3 rings (SSSR count). The summed E-state index contributed by atoms with van der Waals surface area (Å²) >= 11 is 0. The fourth-order valence-corrected chi connectivity index (χ4v) is 3.97. The van der Waals surface area contributed by atoms with Crippen molar-refractivity contribution in [2.75, 3.05) is 26.3 Å². The van der Waals surface area contributed by atoms with E-state index in [-0.39, 0.29) is 24.6 Å². The van der Waals surface area contributed by atoms with Crippen molar-refractivity contribution in [3.63, 3.8) is 0 Å². The Hall–Kier alpha value is -2.71. The van der Waals surface area contributed by atoms with Crippen molar-refractivity contribution in [3.8, 4) is 5.88 Å². The second-order valence-corrected chi connectivity index (χ2v) is 10.2. The lowest BCUT2D eigenvalue weighted by Crippen LogP contribution is -2.93. The third-order valence-corrected chi connectivity index (χ3v) is 6.03. The number of quaternary nitrogens is 1. The maximum Gasteiger partial charge on any atom is 0.410 e. The van der Waals surface area contributed by atoms with Gasteiger partial charge in [-0.25, -0.2) is 14.6 Å². The van der Waals surface area contributed by atoms with E-state index in [9.17, 15) is 9.59 Å². The number of nitrogens with zero attached hydrogens (tertiary/aromatic N) is 2. The van der Waals surface area contributed by atoms with Crippen LogP contribution in [0.15, 0.2) is 36.1 Å². The van der Waals surface area contributed by atoms with E-state index in [1.165, 1.54) is 0 Å². The van der Waals surface area contributed by atoms with Gasteiger partial charge >= 0.3 is 12.0 Å². The molecular formula is C26H38N3O5+. The highest BCUT2D eigenvalue weighted by Gasteiger charge is 2.27. The lowest BCUT2D eigenvalue weighted by atomic mass is 9.93. The Labute approximate surface area is 202 Å². The quantitative estimate of drug-likeness (QED) is 0.632. The zero-order valence-electron chi connectivity index (χ0n) is 20.8. The molecule has 0 spiro atoms. The van der Waals surface area contributed by atoms with Gasteiger partial charge in [0.1, 0.15) is 11.6 Å². The number of nitrogens with two attached hydrogens (primary N) is 1. The lowest BCUT2D eigenvalue weighted by Gasteiger charge is -2.33. The Bertz CT molecular complexity index is 909. The first kappa shape index (κ1) is 25.9. The van der Waals surface area contributed by atoms with Crippen molar-refractivity contribution >= 4 is 17.6 Å². The van der Waals surface area contributed by atoms with E-state index in [2.05, 4.69) is 4.98 Å². The van der Waals surface area contributed by atoms with Gasteiger partial charge < -0.3 is 19.5 Å². The van der Waals surface area contributed by atoms with Crippen LogP contribution in [0, 0.1) is 5.92 Å².